The molecule has 4 amide bonds. The summed E-state index contributed by atoms with van der Waals surface area (Å²) >= 11 is 0. The Kier molecular flexibility index (Phi) is 10.4. The number of halogens is 4. The van der Waals surface area contributed by atoms with Gasteiger partial charge in [-0.2, -0.15) is 18.3 Å². The van der Waals surface area contributed by atoms with E-state index in [0.29, 0.717) is 30.5 Å². The van der Waals surface area contributed by atoms with Gasteiger partial charge in [-0.3, -0.25) is 29.4 Å². The predicted octanol–water partition coefficient (Wildman–Crippen LogP) is 3.75. The molecule has 3 fully saturated rings. The molecule has 0 radical (unpaired) electrons. The molecule has 2 aromatic heterocycles. The summed E-state index contributed by atoms with van der Waals surface area (Å²) in [5.41, 5.74) is 5.43. The summed E-state index contributed by atoms with van der Waals surface area (Å²) in [5.74, 6) is -2.95. The molecular formula is C37H37F4N9O5. The van der Waals surface area contributed by atoms with E-state index in [4.69, 9.17) is 10.5 Å². The van der Waals surface area contributed by atoms with Crippen molar-refractivity contribution in [3.8, 4) is 11.4 Å². The third-order valence-electron chi connectivity index (χ3n) is 9.97. The van der Waals surface area contributed by atoms with E-state index in [1.807, 2.05) is 17.0 Å². The molecule has 4 aromatic rings. The van der Waals surface area contributed by atoms with Gasteiger partial charge in [-0.25, -0.2) is 14.1 Å². The lowest BCUT2D eigenvalue weighted by molar-refractivity contribution is -0.141. The Hall–Kier alpha value is -6.04. The Bertz CT molecular complexity index is 2090. The van der Waals surface area contributed by atoms with E-state index in [2.05, 4.69) is 30.5 Å². The number of piperazine rings is 1. The summed E-state index contributed by atoms with van der Waals surface area (Å²) in [6.07, 6.45) is -2.05. The van der Waals surface area contributed by atoms with Crippen LogP contribution >= 0.6 is 0 Å². The van der Waals surface area contributed by atoms with Crippen molar-refractivity contribution in [1.82, 2.24) is 25.0 Å². The number of amides is 4. The number of alkyl halides is 3. The Morgan fingerprint density at radius 2 is 1.60 bits per heavy atom. The van der Waals surface area contributed by atoms with Crippen LogP contribution < -0.4 is 30.9 Å². The average Bonchev–Trinajstić information content (AvgIpc) is 3.60. The van der Waals surface area contributed by atoms with E-state index >= 15 is 4.39 Å². The van der Waals surface area contributed by atoms with Crippen LogP contribution in [0.5, 0.6) is 5.75 Å². The maximum atomic E-state index is 15.2. The van der Waals surface area contributed by atoms with Crippen LogP contribution in [-0.4, -0.2) is 94.7 Å². The molecule has 5 heterocycles. The number of nitrogens with zero attached hydrogens (tertiary/aromatic N) is 6. The number of pyridine rings is 1. The van der Waals surface area contributed by atoms with Crippen molar-refractivity contribution in [2.45, 2.75) is 44.0 Å². The molecule has 3 aliphatic rings. The van der Waals surface area contributed by atoms with Gasteiger partial charge in [0.05, 0.1) is 23.3 Å². The lowest BCUT2D eigenvalue weighted by Crippen LogP contribution is -2.53. The van der Waals surface area contributed by atoms with Crippen LogP contribution in [0, 0.1) is 5.82 Å². The van der Waals surface area contributed by atoms with Gasteiger partial charge in [0.25, 0.3) is 17.7 Å². The first-order chi connectivity index (χ1) is 26.3. The smallest absolute Gasteiger partial charge is 0.433 e. The molecule has 0 saturated carbocycles. The molecule has 288 valence electrons. The van der Waals surface area contributed by atoms with Crippen LogP contribution in [0.15, 0.2) is 66.9 Å². The van der Waals surface area contributed by atoms with Crippen LogP contribution in [0.3, 0.4) is 0 Å². The highest BCUT2D eigenvalue weighted by Gasteiger charge is 2.34. The monoisotopic (exact) mass is 763 g/mol. The van der Waals surface area contributed by atoms with Gasteiger partial charge in [-0.15, -0.1) is 0 Å². The van der Waals surface area contributed by atoms with Gasteiger partial charge in [0.15, 0.2) is 11.8 Å². The molecule has 3 saturated heterocycles. The zero-order valence-electron chi connectivity index (χ0n) is 29.4. The number of carbonyl (C=O) groups is 4. The number of primary amides is 1. The minimum absolute atomic E-state index is 0.0811. The fraction of sp³-hybridized carbons (Fsp3) is 0.351. The Labute approximate surface area is 312 Å². The summed E-state index contributed by atoms with van der Waals surface area (Å²) in [7, 11) is 0. The first-order valence-corrected chi connectivity index (χ1v) is 17.7. The van der Waals surface area contributed by atoms with Crippen molar-refractivity contribution < 1.29 is 41.5 Å². The Balaban J connectivity index is 0.910. The highest BCUT2D eigenvalue weighted by molar-refractivity contribution is 6.07. The maximum absolute atomic E-state index is 15.2. The van der Waals surface area contributed by atoms with E-state index < -0.39 is 47.2 Å². The molecule has 0 spiro atoms. The lowest BCUT2D eigenvalue weighted by Gasteiger charge is -2.43. The first-order valence-electron chi connectivity index (χ1n) is 17.7. The molecule has 55 heavy (non-hydrogen) atoms. The minimum atomic E-state index is -4.74. The number of anilines is 3. The number of nitrogens with two attached hydrogens (primary N) is 1. The highest BCUT2D eigenvalue weighted by atomic mass is 19.4. The highest BCUT2D eigenvalue weighted by Crippen LogP contribution is 2.31. The standard InChI is InChI=1S/C37H37F4N9O5/c38-26-20-25(55-30-10-11-32(51)45-36(30)54)8-9-29(26)49-14-12-23(13-15-49)48-18-16-47(17-19-48)22-4-6-24(7-5-22)50-21-28(33(46-50)34(42)52)44-35(53)27-2-1-3-31(43-27)37(39,40)41/h1-9,20-21,23,30H,10-19H2,(H2,42,52)(H,44,53)(H,45,51,54). The second-order valence-electron chi connectivity index (χ2n) is 13.5. The summed E-state index contributed by atoms with van der Waals surface area (Å²) in [6, 6.07) is 15.3. The number of benzene rings is 2. The summed E-state index contributed by atoms with van der Waals surface area (Å²) < 4.78 is 61.5. The van der Waals surface area contributed by atoms with Crippen LogP contribution in [0.4, 0.5) is 34.6 Å². The maximum Gasteiger partial charge on any atom is 0.433 e. The number of aromatic nitrogens is 3. The zero-order chi connectivity index (χ0) is 38.9. The van der Waals surface area contributed by atoms with Crippen LogP contribution in [0.2, 0.25) is 0 Å². The number of nitrogens with one attached hydrogen (secondary N) is 2. The van der Waals surface area contributed by atoms with Crippen molar-refractivity contribution in [2.75, 3.05) is 54.4 Å². The molecule has 14 nitrogen and oxygen atoms in total. The van der Waals surface area contributed by atoms with E-state index in [0.717, 1.165) is 62.9 Å². The SMILES string of the molecule is NC(=O)c1nn(-c2ccc(N3CCN(C4CCN(c5ccc(OC6CCC(=O)NC6=O)cc5F)CC4)CC3)cc2)cc1NC(=O)c1cccc(C(F)(F)F)n1. The van der Waals surface area contributed by atoms with Gasteiger partial charge >= 0.3 is 6.18 Å². The summed E-state index contributed by atoms with van der Waals surface area (Å²) in [6.45, 7) is 4.65. The van der Waals surface area contributed by atoms with Crippen molar-refractivity contribution in [2.24, 2.45) is 5.73 Å². The van der Waals surface area contributed by atoms with Gasteiger partial charge < -0.3 is 25.6 Å². The first kappa shape index (κ1) is 37.3. The van der Waals surface area contributed by atoms with E-state index in [-0.39, 0.29) is 35.9 Å². The van der Waals surface area contributed by atoms with Gasteiger partial charge in [-0.1, -0.05) is 6.07 Å². The molecule has 1 unspecified atom stereocenters. The number of carbonyl (C=O) groups excluding carboxylic acids is 4. The minimum Gasteiger partial charge on any atom is -0.480 e. The van der Waals surface area contributed by atoms with Gasteiger partial charge in [-0.05, 0) is 61.4 Å². The quantitative estimate of drug-likeness (QED) is 0.169. The predicted molar refractivity (Wildman–Crippen MR) is 191 cm³/mol. The Morgan fingerprint density at radius 1 is 0.891 bits per heavy atom. The second kappa shape index (κ2) is 15.4. The summed E-state index contributed by atoms with van der Waals surface area (Å²) in [4.78, 5) is 58.4. The van der Waals surface area contributed by atoms with Crippen molar-refractivity contribution in [3.05, 3.63) is 89.8 Å². The van der Waals surface area contributed by atoms with E-state index in [1.54, 1.807) is 24.3 Å². The number of ether oxygens (including phenoxy) is 1. The molecule has 1 atom stereocenters. The van der Waals surface area contributed by atoms with E-state index in [1.165, 1.54) is 16.9 Å². The van der Waals surface area contributed by atoms with Crippen molar-refractivity contribution in [3.63, 3.8) is 0 Å². The number of piperidine rings is 2. The number of hydrogen-bond donors (Lipinski definition) is 3. The van der Waals surface area contributed by atoms with Gasteiger partial charge in [0.1, 0.15) is 23.0 Å². The molecule has 18 heteroatoms. The largest absolute Gasteiger partial charge is 0.480 e. The number of hydrogen-bond acceptors (Lipinski definition) is 10. The van der Waals surface area contributed by atoms with Crippen LogP contribution in [-0.2, 0) is 15.8 Å². The molecule has 3 aliphatic heterocycles. The molecule has 2 aromatic carbocycles. The van der Waals surface area contributed by atoms with Crippen LogP contribution in [0.25, 0.3) is 5.69 Å². The van der Waals surface area contributed by atoms with E-state index in [9.17, 15) is 32.3 Å². The molecule has 0 aliphatic carbocycles. The lowest BCUT2D eigenvalue weighted by atomic mass is 10.0. The zero-order valence-corrected chi connectivity index (χ0v) is 29.4. The Morgan fingerprint density at radius 3 is 2.25 bits per heavy atom. The average molecular weight is 764 g/mol. The van der Waals surface area contributed by atoms with Crippen LogP contribution in [0.1, 0.15) is 52.4 Å². The fourth-order valence-corrected chi connectivity index (χ4v) is 7.09. The number of rotatable bonds is 9. The third kappa shape index (κ3) is 8.38. The fourth-order valence-electron chi connectivity index (χ4n) is 7.09. The molecule has 4 N–H and O–H groups in total. The topological polar surface area (TPSA) is 168 Å². The van der Waals surface area contributed by atoms with Crippen molar-refractivity contribution >= 4 is 40.7 Å². The van der Waals surface area contributed by atoms with Crippen molar-refractivity contribution in [1.29, 1.82) is 0 Å². The molecule has 7 rings (SSSR count). The van der Waals surface area contributed by atoms with Gasteiger partial charge in [0.2, 0.25) is 5.91 Å². The number of imide groups is 1. The normalized spacial score (nSPS) is 18.6. The molecule has 0 bridgehead atoms. The third-order valence-corrected chi connectivity index (χ3v) is 9.97. The summed E-state index contributed by atoms with van der Waals surface area (Å²) in [5, 5.41) is 8.83. The van der Waals surface area contributed by atoms with Gasteiger partial charge in [0, 0.05) is 69.9 Å². The molecular weight excluding hydrogens is 726 g/mol. The second-order valence-corrected chi connectivity index (χ2v) is 13.5.